The van der Waals surface area contributed by atoms with Crippen LogP contribution in [-0.2, 0) is 43.0 Å². The largest absolute Gasteiger partial charge is 0.469 e. The fourth-order valence-corrected chi connectivity index (χ4v) is 6.37. The van der Waals surface area contributed by atoms with E-state index in [1.54, 1.807) is 0 Å². The lowest BCUT2D eigenvalue weighted by Crippen LogP contribution is -2.41. The van der Waals surface area contributed by atoms with Gasteiger partial charge in [-0.2, -0.15) is 0 Å². The number of hydrogen-bond acceptors (Lipinski definition) is 10. The monoisotopic (exact) mass is 883 g/mol. The van der Waals surface area contributed by atoms with Crippen molar-refractivity contribution in [1.29, 1.82) is 0 Å². The number of nitrogens with two attached hydrogens (primary N) is 1. The van der Waals surface area contributed by atoms with E-state index < -0.39 is 30.0 Å². The van der Waals surface area contributed by atoms with Gasteiger partial charge in [0.1, 0.15) is 17.9 Å². The molecule has 11 nitrogen and oxygen atoms in total. The van der Waals surface area contributed by atoms with Crippen LogP contribution in [0, 0.1) is 0 Å². The van der Waals surface area contributed by atoms with Gasteiger partial charge in [-0.1, -0.05) is 168 Å². The van der Waals surface area contributed by atoms with Crippen LogP contribution in [0.25, 0.3) is 0 Å². The highest BCUT2D eigenvalue weighted by molar-refractivity contribution is 6.63. The number of carbonyl (C=O) groups is 6. The average molecular weight is 884 g/mol. The molecule has 0 aliphatic rings. The lowest BCUT2D eigenvalue weighted by molar-refractivity contribution is -0.146. The molecule has 3 N–H and O–H groups in total. The number of Topliss-reactive ketones (excluding diaryl/α,β-unsaturated/α-hetero) is 1. The molecule has 0 saturated heterocycles. The first-order valence-electron chi connectivity index (χ1n) is 22.8. The van der Waals surface area contributed by atoms with E-state index in [1.165, 1.54) is 163 Å². The maximum atomic E-state index is 12.1. The Morgan fingerprint density at radius 3 is 1.17 bits per heavy atom. The van der Waals surface area contributed by atoms with Crippen molar-refractivity contribution in [2.75, 3.05) is 21.3 Å². The molecule has 0 aliphatic heterocycles. The van der Waals surface area contributed by atoms with Gasteiger partial charge in [0, 0.05) is 25.7 Å². The second kappa shape index (κ2) is 50.1. The van der Waals surface area contributed by atoms with Gasteiger partial charge in [-0.3, -0.25) is 19.2 Å². The second-order valence-corrected chi connectivity index (χ2v) is 15.9. The highest BCUT2D eigenvalue weighted by Crippen LogP contribution is 2.15. The molecule has 0 bridgehead atoms. The van der Waals surface area contributed by atoms with Crippen LogP contribution in [0.5, 0.6) is 0 Å². The van der Waals surface area contributed by atoms with Gasteiger partial charge < -0.3 is 30.1 Å². The molecule has 0 aromatic carbocycles. The molecule has 0 aromatic heterocycles. The molecule has 0 aliphatic carbocycles. The zero-order chi connectivity index (χ0) is 44.1. The van der Waals surface area contributed by atoms with Crippen LogP contribution in [0.2, 0.25) is 0 Å². The third-order valence-electron chi connectivity index (χ3n) is 9.98. The number of esters is 3. The summed E-state index contributed by atoms with van der Waals surface area (Å²) in [6.07, 6.45) is 35.6. The van der Waals surface area contributed by atoms with Gasteiger partial charge in [-0.25, -0.2) is 4.79 Å². The Labute approximate surface area is 371 Å². The van der Waals surface area contributed by atoms with Crippen LogP contribution in [0.15, 0.2) is 0 Å². The third-order valence-corrected chi connectivity index (χ3v) is 10.2. The summed E-state index contributed by atoms with van der Waals surface area (Å²) in [4.78, 5) is 66.7. The summed E-state index contributed by atoms with van der Waals surface area (Å²) in [7, 11) is 3.84. The Hall–Kier alpha value is -2.24. The predicted molar refractivity (Wildman–Crippen MR) is 244 cm³/mol. The first-order chi connectivity index (χ1) is 27.9. The van der Waals surface area contributed by atoms with Crippen LogP contribution >= 0.6 is 24.0 Å². The van der Waals surface area contributed by atoms with Gasteiger partial charge in [0.25, 0.3) is 0 Å². The molecule has 13 heteroatoms. The van der Waals surface area contributed by atoms with E-state index in [4.69, 9.17) is 22.1 Å². The molecular weight excluding hydrogens is 795 g/mol. The number of unbranched alkanes of at least 4 members (excludes halogenated alkanes) is 24. The van der Waals surface area contributed by atoms with Gasteiger partial charge in [-0.15, -0.1) is 12.4 Å². The maximum absolute atomic E-state index is 12.1. The number of rotatable bonds is 37. The normalized spacial score (nSPS) is 11.3. The number of methoxy groups -OCH3 is 3. The SMILES string of the molecule is CCCCCCCCCCCCCCCC(=O)Cl.CCCCCCCCCCCCCCCC(=O)NC(CCC(=O)OC)C(=O)OC.COC(=O)C(N)CCC(C)=O.Cl. The fraction of sp³-hybridized carbons (Fsp3) is 0.870. The van der Waals surface area contributed by atoms with Crippen LogP contribution < -0.4 is 11.1 Å². The Morgan fingerprint density at radius 1 is 0.492 bits per heavy atom. The van der Waals surface area contributed by atoms with Gasteiger partial charge >= 0.3 is 17.9 Å². The average Bonchev–Trinajstić information content (AvgIpc) is 3.21. The van der Waals surface area contributed by atoms with Crippen molar-refractivity contribution < 1.29 is 43.0 Å². The molecule has 2 atom stereocenters. The molecule has 1 amide bonds. The van der Waals surface area contributed by atoms with E-state index in [0.717, 1.165) is 32.1 Å². The smallest absolute Gasteiger partial charge is 0.328 e. The Morgan fingerprint density at radius 2 is 0.847 bits per heavy atom. The van der Waals surface area contributed by atoms with E-state index in [1.807, 2.05) is 0 Å². The molecule has 2 unspecified atom stereocenters. The summed E-state index contributed by atoms with van der Waals surface area (Å²) in [5.41, 5.74) is 5.35. The number of halogens is 2. The van der Waals surface area contributed by atoms with E-state index in [0.29, 0.717) is 25.7 Å². The van der Waals surface area contributed by atoms with Crippen molar-refractivity contribution in [3.05, 3.63) is 0 Å². The van der Waals surface area contributed by atoms with Crippen molar-refractivity contribution in [2.45, 2.75) is 238 Å². The summed E-state index contributed by atoms with van der Waals surface area (Å²) < 4.78 is 13.6. The first kappa shape index (κ1) is 63.4. The number of amides is 1. The number of ketones is 1. The minimum absolute atomic E-state index is 0. The topological polar surface area (TPSA) is 168 Å². The van der Waals surface area contributed by atoms with Crippen molar-refractivity contribution in [2.24, 2.45) is 5.73 Å². The van der Waals surface area contributed by atoms with Crippen molar-refractivity contribution in [3.63, 3.8) is 0 Å². The number of hydrogen-bond donors (Lipinski definition) is 2. The number of ether oxygens (including phenoxy) is 3. The molecule has 0 rings (SSSR count). The molecule has 0 heterocycles. The minimum Gasteiger partial charge on any atom is -0.469 e. The molecule has 0 radical (unpaired) electrons. The summed E-state index contributed by atoms with van der Waals surface area (Å²) in [5.74, 6) is -1.55. The van der Waals surface area contributed by atoms with Gasteiger partial charge in [-0.05, 0) is 44.2 Å². The Kier molecular flexibility index (Phi) is 53.9. The quantitative estimate of drug-likeness (QED) is 0.0265. The molecule has 59 heavy (non-hydrogen) atoms. The van der Waals surface area contributed by atoms with Crippen molar-refractivity contribution in [1.82, 2.24) is 5.32 Å². The predicted octanol–water partition coefficient (Wildman–Crippen LogP) is 11.6. The molecule has 0 aromatic rings. The Bertz CT molecular complexity index is 1020. The Balaban J connectivity index is -0.000000428. The third kappa shape index (κ3) is 51.8. The molecular formula is C46H88Cl2N2O9. The fourth-order valence-electron chi connectivity index (χ4n) is 6.24. The van der Waals surface area contributed by atoms with Gasteiger partial charge in [0.2, 0.25) is 11.1 Å². The summed E-state index contributed by atoms with van der Waals surface area (Å²) in [5, 5.41) is 2.49. The molecule has 0 fully saturated rings. The first-order valence-corrected chi connectivity index (χ1v) is 23.2. The second-order valence-electron chi connectivity index (χ2n) is 15.5. The summed E-state index contributed by atoms with van der Waals surface area (Å²) in [6, 6.07) is -1.46. The van der Waals surface area contributed by atoms with Crippen molar-refractivity contribution >= 4 is 58.8 Å². The standard InChI is InChI=1S/C23H43NO5.C16H31ClO.C7H13NO3.ClH/c1-4-5-6-7-8-9-10-11-12-13-14-15-16-17-21(25)24-20(23(27)29-3)18-19-22(26)28-2;1-2-3-4-5-6-7-8-9-10-11-12-13-14-15-16(17)18;1-5(9)3-4-6(8)7(10)11-2;/h20H,4-19H2,1-3H3,(H,24,25);2-15H2,1H3;6H,3-4,8H2,1-2H3;1H. The van der Waals surface area contributed by atoms with Crippen LogP contribution in [0.1, 0.15) is 226 Å². The lowest BCUT2D eigenvalue weighted by atomic mass is 10.0. The zero-order valence-electron chi connectivity index (χ0n) is 38.3. The van der Waals surface area contributed by atoms with Crippen LogP contribution in [0.4, 0.5) is 0 Å². The van der Waals surface area contributed by atoms with Crippen LogP contribution in [0.3, 0.4) is 0 Å². The molecule has 350 valence electrons. The van der Waals surface area contributed by atoms with Gasteiger partial charge in [0.15, 0.2) is 0 Å². The zero-order valence-corrected chi connectivity index (χ0v) is 39.9. The molecule has 0 spiro atoms. The van der Waals surface area contributed by atoms with E-state index in [-0.39, 0.29) is 42.2 Å². The summed E-state index contributed by atoms with van der Waals surface area (Å²) >= 11 is 5.28. The number of carbonyl (C=O) groups excluding carboxylic acids is 6. The van der Waals surface area contributed by atoms with Gasteiger partial charge in [0.05, 0.1) is 21.3 Å². The lowest BCUT2D eigenvalue weighted by Gasteiger charge is -2.16. The van der Waals surface area contributed by atoms with E-state index >= 15 is 0 Å². The van der Waals surface area contributed by atoms with Crippen LogP contribution in [-0.4, -0.2) is 68.3 Å². The summed E-state index contributed by atoms with van der Waals surface area (Å²) in [6.45, 7) is 5.98. The highest BCUT2D eigenvalue weighted by Gasteiger charge is 2.22. The maximum Gasteiger partial charge on any atom is 0.328 e. The molecule has 0 saturated carbocycles. The number of nitrogens with one attached hydrogen (secondary N) is 1. The van der Waals surface area contributed by atoms with E-state index in [9.17, 15) is 28.8 Å². The van der Waals surface area contributed by atoms with E-state index in [2.05, 4.69) is 28.6 Å². The van der Waals surface area contributed by atoms with Crippen molar-refractivity contribution in [3.8, 4) is 0 Å². The highest BCUT2D eigenvalue weighted by atomic mass is 35.5. The minimum atomic E-state index is -0.798.